The van der Waals surface area contributed by atoms with Crippen LogP contribution in [0.15, 0.2) is 0 Å². The molecule has 0 saturated heterocycles. The molecule has 0 aromatic carbocycles. The Hall–Kier alpha value is 0.150. The molecule has 0 spiro atoms. The van der Waals surface area contributed by atoms with Crippen LogP contribution in [0, 0.1) is 17.3 Å². The van der Waals surface area contributed by atoms with Gasteiger partial charge in [0.05, 0.1) is 4.83 Å². The Balaban J connectivity index is 2.23. The van der Waals surface area contributed by atoms with E-state index in [2.05, 4.69) is 29.8 Å². The molecule has 3 saturated carbocycles. The highest BCUT2D eigenvalue weighted by molar-refractivity contribution is 9.10. The van der Waals surface area contributed by atoms with Crippen LogP contribution in [0.3, 0.4) is 0 Å². The Morgan fingerprint density at radius 2 is 2.09 bits per heavy atom. The fraction of sp³-hybridized carbons (Fsp3) is 0.889. The fourth-order valence-electron chi connectivity index (χ4n) is 2.48. The van der Waals surface area contributed by atoms with Crippen LogP contribution < -0.4 is 0 Å². The molecule has 11 heavy (non-hydrogen) atoms. The molecule has 0 N–H and O–H groups in total. The smallest absolute Gasteiger partial charge is 0.150 e. The van der Waals surface area contributed by atoms with E-state index in [1.54, 1.807) is 0 Å². The van der Waals surface area contributed by atoms with Crippen molar-refractivity contribution in [1.29, 1.82) is 0 Å². The van der Waals surface area contributed by atoms with Crippen molar-refractivity contribution in [3.63, 3.8) is 0 Å². The van der Waals surface area contributed by atoms with E-state index in [4.69, 9.17) is 0 Å². The molecule has 0 heterocycles. The molecule has 3 aliphatic rings. The van der Waals surface area contributed by atoms with E-state index in [1.165, 1.54) is 0 Å². The number of alkyl halides is 1. The lowest BCUT2D eigenvalue weighted by Gasteiger charge is -2.56. The molecule has 0 radical (unpaired) electrons. The molecule has 0 aromatic rings. The Morgan fingerprint density at radius 1 is 1.45 bits per heavy atom. The van der Waals surface area contributed by atoms with E-state index in [-0.39, 0.29) is 4.83 Å². The van der Waals surface area contributed by atoms with Gasteiger partial charge in [-0.05, 0) is 24.2 Å². The minimum atomic E-state index is 0.166. The standard InChI is InChI=1S/C9H13BrO/c1-9(2)5-3-6(9)8(11)7(10)4-5/h5-7H,3-4H2,1-2H3/t5-,6+,7+/m1/s1. The lowest BCUT2D eigenvalue weighted by molar-refractivity contribution is -0.146. The first kappa shape index (κ1) is 7.78. The van der Waals surface area contributed by atoms with Gasteiger partial charge >= 0.3 is 0 Å². The van der Waals surface area contributed by atoms with Gasteiger partial charge in [-0.1, -0.05) is 29.8 Å². The molecule has 3 rings (SSSR count). The van der Waals surface area contributed by atoms with Crippen LogP contribution >= 0.6 is 15.9 Å². The molecule has 62 valence electrons. The second-order valence-corrected chi connectivity index (χ2v) is 5.52. The van der Waals surface area contributed by atoms with Crippen molar-refractivity contribution in [2.45, 2.75) is 31.5 Å². The number of hydrogen-bond donors (Lipinski definition) is 0. The number of halogens is 1. The van der Waals surface area contributed by atoms with Gasteiger partial charge < -0.3 is 0 Å². The Labute approximate surface area is 75.7 Å². The monoisotopic (exact) mass is 216 g/mol. The van der Waals surface area contributed by atoms with Crippen LogP contribution in [-0.4, -0.2) is 10.6 Å². The summed E-state index contributed by atoms with van der Waals surface area (Å²) in [4.78, 5) is 11.7. The van der Waals surface area contributed by atoms with Crippen LogP contribution in [0.25, 0.3) is 0 Å². The van der Waals surface area contributed by atoms with Crippen molar-refractivity contribution < 1.29 is 4.79 Å². The lowest BCUT2D eigenvalue weighted by Crippen LogP contribution is -2.56. The summed E-state index contributed by atoms with van der Waals surface area (Å²) in [5, 5.41) is 0. The second kappa shape index (κ2) is 2.09. The van der Waals surface area contributed by atoms with Gasteiger partial charge in [0.1, 0.15) is 5.78 Å². The van der Waals surface area contributed by atoms with Gasteiger partial charge in [0, 0.05) is 5.92 Å². The summed E-state index contributed by atoms with van der Waals surface area (Å²) in [7, 11) is 0. The van der Waals surface area contributed by atoms with Gasteiger partial charge in [-0.3, -0.25) is 4.79 Å². The molecular formula is C9H13BrO. The third-order valence-electron chi connectivity index (χ3n) is 3.61. The van der Waals surface area contributed by atoms with Crippen molar-refractivity contribution >= 4 is 21.7 Å². The predicted molar refractivity (Wildman–Crippen MR) is 47.7 cm³/mol. The SMILES string of the molecule is CC1(C)[C@H]2C[C@H](Br)C(=O)[C@@H]1C2. The molecule has 0 aromatic heterocycles. The lowest BCUT2D eigenvalue weighted by atomic mass is 9.48. The zero-order valence-electron chi connectivity index (χ0n) is 6.93. The maximum Gasteiger partial charge on any atom is 0.150 e. The van der Waals surface area contributed by atoms with Gasteiger partial charge in [-0.2, -0.15) is 0 Å². The highest BCUT2D eigenvalue weighted by Gasteiger charge is 2.56. The summed E-state index contributed by atoms with van der Waals surface area (Å²) >= 11 is 3.43. The Morgan fingerprint density at radius 3 is 2.45 bits per heavy atom. The molecule has 0 amide bonds. The summed E-state index contributed by atoms with van der Waals surface area (Å²) in [5.41, 5.74) is 0.307. The number of hydrogen-bond acceptors (Lipinski definition) is 1. The molecule has 2 heteroatoms. The zero-order chi connectivity index (χ0) is 8.22. The first-order chi connectivity index (χ1) is 5.03. The summed E-state index contributed by atoms with van der Waals surface area (Å²) in [6, 6.07) is 0. The topological polar surface area (TPSA) is 17.1 Å². The van der Waals surface area contributed by atoms with Crippen molar-refractivity contribution in [1.82, 2.24) is 0 Å². The Bertz CT molecular complexity index is 210. The normalized spacial score (nSPS) is 46.8. The second-order valence-electron chi connectivity index (χ2n) is 4.41. The average Bonchev–Trinajstić information content (AvgIpc) is 1.93. The van der Waals surface area contributed by atoms with Crippen LogP contribution in [0.5, 0.6) is 0 Å². The van der Waals surface area contributed by atoms with Gasteiger partial charge in [-0.25, -0.2) is 0 Å². The minimum absolute atomic E-state index is 0.166. The average molecular weight is 217 g/mol. The molecule has 0 aliphatic heterocycles. The van der Waals surface area contributed by atoms with E-state index in [1.807, 2.05) is 0 Å². The summed E-state index contributed by atoms with van der Waals surface area (Å²) in [5.74, 6) is 1.58. The van der Waals surface area contributed by atoms with E-state index in [9.17, 15) is 4.79 Å². The quantitative estimate of drug-likeness (QED) is 0.569. The van der Waals surface area contributed by atoms with Gasteiger partial charge in [0.2, 0.25) is 0 Å². The van der Waals surface area contributed by atoms with Crippen LogP contribution in [0.1, 0.15) is 26.7 Å². The van der Waals surface area contributed by atoms with Gasteiger partial charge in [-0.15, -0.1) is 0 Å². The highest BCUT2D eigenvalue weighted by atomic mass is 79.9. The third-order valence-corrected chi connectivity index (χ3v) is 4.44. The third kappa shape index (κ3) is 0.851. The number of rotatable bonds is 0. The molecule has 1 nitrogen and oxygen atoms in total. The molecule has 2 bridgehead atoms. The van der Waals surface area contributed by atoms with Crippen molar-refractivity contribution in [2.75, 3.05) is 0 Å². The van der Waals surface area contributed by atoms with E-state index >= 15 is 0 Å². The maximum absolute atomic E-state index is 11.5. The van der Waals surface area contributed by atoms with E-state index in [0.29, 0.717) is 17.1 Å². The van der Waals surface area contributed by atoms with Crippen molar-refractivity contribution in [3.05, 3.63) is 0 Å². The van der Waals surface area contributed by atoms with Crippen LogP contribution in [-0.2, 0) is 4.79 Å². The van der Waals surface area contributed by atoms with E-state index in [0.717, 1.165) is 18.8 Å². The predicted octanol–water partition coefficient (Wildman–Crippen LogP) is 2.39. The number of carbonyl (C=O) groups is 1. The molecule has 0 unspecified atom stereocenters. The van der Waals surface area contributed by atoms with Gasteiger partial charge in [0.25, 0.3) is 0 Å². The van der Waals surface area contributed by atoms with Crippen molar-refractivity contribution in [3.8, 4) is 0 Å². The van der Waals surface area contributed by atoms with Gasteiger partial charge in [0.15, 0.2) is 0 Å². The summed E-state index contributed by atoms with van der Waals surface area (Å²) < 4.78 is 0. The number of Topliss-reactive ketones (excluding diaryl/α,β-unsaturated/α-hetero) is 1. The molecular weight excluding hydrogens is 204 g/mol. The minimum Gasteiger partial charge on any atom is -0.298 e. The molecule has 3 atom stereocenters. The first-order valence-corrected chi connectivity index (χ1v) is 5.13. The van der Waals surface area contributed by atoms with Crippen LogP contribution in [0.4, 0.5) is 0 Å². The Kier molecular flexibility index (Phi) is 1.48. The summed E-state index contributed by atoms with van der Waals surface area (Å²) in [6.45, 7) is 4.45. The van der Waals surface area contributed by atoms with E-state index < -0.39 is 0 Å². The number of fused-ring (bicyclic) bond motifs is 2. The molecule has 3 fully saturated rings. The van der Waals surface area contributed by atoms with Crippen molar-refractivity contribution in [2.24, 2.45) is 17.3 Å². The summed E-state index contributed by atoms with van der Waals surface area (Å²) in [6.07, 6.45) is 2.20. The fourth-order valence-corrected chi connectivity index (χ4v) is 3.25. The first-order valence-electron chi connectivity index (χ1n) is 4.21. The molecule has 3 aliphatic carbocycles. The highest BCUT2D eigenvalue weighted by Crippen LogP contribution is 2.58. The van der Waals surface area contributed by atoms with Crippen LogP contribution in [0.2, 0.25) is 0 Å². The number of ketones is 1. The number of carbonyl (C=O) groups excluding carboxylic acids is 1. The zero-order valence-corrected chi connectivity index (χ0v) is 8.52. The largest absolute Gasteiger partial charge is 0.298 e. The maximum atomic E-state index is 11.5.